The van der Waals surface area contributed by atoms with E-state index >= 15 is 0 Å². The largest absolute Gasteiger partial charge is 0.489 e. The van der Waals surface area contributed by atoms with Crippen molar-refractivity contribution in [2.45, 2.75) is 13.5 Å². The predicted octanol–water partition coefficient (Wildman–Crippen LogP) is 5.18. The van der Waals surface area contributed by atoms with Crippen molar-refractivity contribution in [1.29, 1.82) is 0 Å². The van der Waals surface area contributed by atoms with Gasteiger partial charge in [-0.3, -0.25) is 4.79 Å². The monoisotopic (exact) mass is 395 g/mol. The first-order valence-corrected chi connectivity index (χ1v) is 8.93. The first kappa shape index (κ1) is 19.5. The summed E-state index contributed by atoms with van der Waals surface area (Å²) in [6, 6.07) is 18.6. The fourth-order valence-corrected chi connectivity index (χ4v) is 2.80. The third kappa shape index (κ3) is 4.90. The Labute approximate surface area is 167 Å². The van der Waals surface area contributed by atoms with Crippen molar-refractivity contribution < 1.29 is 19.4 Å². The van der Waals surface area contributed by atoms with E-state index in [1.807, 2.05) is 6.92 Å². The van der Waals surface area contributed by atoms with Gasteiger partial charge in [-0.05, 0) is 72.6 Å². The van der Waals surface area contributed by atoms with Crippen molar-refractivity contribution >= 4 is 29.2 Å². The summed E-state index contributed by atoms with van der Waals surface area (Å²) in [6.07, 6.45) is 0. The van der Waals surface area contributed by atoms with Gasteiger partial charge >= 0.3 is 5.97 Å². The number of rotatable bonds is 6. The molecule has 0 bridgehead atoms. The zero-order valence-electron chi connectivity index (χ0n) is 15.1. The van der Waals surface area contributed by atoms with Crippen molar-refractivity contribution in [2.24, 2.45) is 0 Å². The number of hydrogen-bond donors (Lipinski definition) is 2. The average Bonchev–Trinajstić information content (AvgIpc) is 2.69. The van der Waals surface area contributed by atoms with E-state index in [-0.39, 0.29) is 11.5 Å². The van der Waals surface area contributed by atoms with Gasteiger partial charge in [0.2, 0.25) is 0 Å². The van der Waals surface area contributed by atoms with Gasteiger partial charge in [-0.1, -0.05) is 23.7 Å². The normalized spacial score (nSPS) is 10.4. The molecule has 3 rings (SSSR count). The van der Waals surface area contributed by atoms with Crippen LogP contribution in [0.2, 0.25) is 5.02 Å². The van der Waals surface area contributed by atoms with Crippen LogP contribution in [0.25, 0.3) is 0 Å². The molecule has 2 N–H and O–H groups in total. The highest BCUT2D eigenvalue weighted by Crippen LogP contribution is 2.21. The van der Waals surface area contributed by atoms with Crippen LogP contribution in [-0.4, -0.2) is 17.0 Å². The second kappa shape index (κ2) is 8.59. The summed E-state index contributed by atoms with van der Waals surface area (Å²) in [5, 5.41) is 12.4. The van der Waals surface area contributed by atoms with Crippen LogP contribution in [-0.2, 0) is 6.61 Å². The molecule has 0 aromatic heterocycles. The molecule has 1 amide bonds. The van der Waals surface area contributed by atoms with E-state index in [0.29, 0.717) is 28.6 Å². The lowest BCUT2D eigenvalue weighted by atomic mass is 10.1. The Morgan fingerprint density at radius 1 is 0.964 bits per heavy atom. The number of carbonyl (C=O) groups is 2. The molecule has 0 aliphatic carbocycles. The first-order chi connectivity index (χ1) is 13.4. The van der Waals surface area contributed by atoms with E-state index in [9.17, 15) is 9.59 Å². The molecule has 0 saturated carbocycles. The quantitative estimate of drug-likeness (QED) is 0.603. The number of nitrogens with one attached hydrogen (secondary N) is 1. The highest BCUT2D eigenvalue weighted by atomic mass is 35.5. The van der Waals surface area contributed by atoms with E-state index in [1.54, 1.807) is 54.6 Å². The summed E-state index contributed by atoms with van der Waals surface area (Å²) in [6.45, 7) is 2.18. The number of benzene rings is 3. The van der Waals surface area contributed by atoms with Crippen LogP contribution in [0.1, 0.15) is 31.8 Å². The fourth-order valence-electron chi connectivity index (χ4n) is 2.57. The van der Waals surface area contributed by atoms with Crippen LogP contribution in [0.4, 0.5) is 5.69 Å². The molecule has 0 heterocycles. The summed E-state index contributed by atoms with van der Waals surface area (Å²) in [5.41, 5.74) is 3.18. The summed E-state index contributed by atoms with van der Waals surface area (Å²) in [5.74, 6) is -0.571. The highest BCUT2D eigenvalue weighted by Gasteiger charge is 2.09. The van der Waals surface area contributed by atoms with Crippen LogP contribution in [0.5, 0.6) is 5.75 Å². The van der Waals surface area contributed by atoms with Gasteiger partial charge in [0.05, 0.1) is 5.56 Å². The van der Waals surface area contributed by atoms with Gasteiger partial charge in [-0.25, -0.2) is 4.79 Å². The maximum Gasteiger partial charge on any atom is 0.335 e. The molecule has 5 nitrogen and oxygen atoms in total. The number of carbonyl (C=O) groups excluding carboxylic acids is 1. The van der Waals surface area contributed by atoms with Crippen LogP contribution in [0, 0.1) is 6.92 Å². The molecule has 28 heavy (non-hydrogen) atoms. The van der Waals surface area contributed by atoms with E-state index < -0.39 is 5.97 Å². The molecule has 142 valence electrons. The van der Waals surface area contributed by atoms with E-state index in [1.165, 1.54) is 12.1 Å². The van der Waals surface area contributed by atoms with E-state index in [2.05, 4.69) is 5.32 Å². The maximum absolute atomic E-state index is 12.4. The minimum absolute atomic E-state index is 0.221. The number of halogens is 1. The first-order valence-electron chi connectivity index (χ1n) is 8.55. The Balaban J connectivity index is 1.59. The standard InChI is InChI=1S/C22H18ClNO4/c1-14-12-18(23)8-11-20(14)24-21(25)16-6-9-19(10-7-16)28-13-15-2-4-17(5-3-15)22(26)27/h2-12H,13H2,1H3,(H,24,25)(H,26,27). The van der Waals surface area contributed by atoms with Crippen LogP contribution >= 0.6 is 11.6 Å². The number of ether oxygens (including phenoxy) is 1. The van der Waals surface area contributed by atoms with Crippen molar-refractivity contribution in [3.05, 3.63) is 94.0 Å². The molecule has 0 aliphatic rings. The molecule has 0 unspecified atom stereocenters. The Hall–Kier alpha value is -3.31. The minimum atomic E-state index is -0.963. The maximum atomic E-state index is 12.4. The molecule has 0 saturated heterocycles. The van der Waals surface area contributed by atoms with Gasteiger partial charge in [0.25, 0.3) is 5.91 Å². The number of amides is 1. The lowest BCUT2D eigenvalue weighted by Gasteiger charge is -2.10. The average molecular weight is 396 g/mol. The number of anilines is 1. The van der Waals surface area contributed by atoms with E-state index in [4.69, 9.17) is 21.4 Å². The van der Waals surface area contributed by atoms with Crippen molar-refractivity contribution in [2.75, 3.05) is 5.32 Å². The third-order valence-electron chi connectivity index (χ3n) is 4.16. The topological polar surface area (TPSA) is 75.6 Å². The minimum Gasteiger partial charge on any atom is -0.489 e. The van der Waals surface area contributed by atoms with Crippen molar-refractivity contribution in [3.8, 4) is 5.75 Å². The van der Waals surface area contributed by atoms with Crippen molar-refractivity contribution in [1.82, 2.24) is 0 Å². The van der Waals surface area contributed by atoms with Gasteiger partial charge in [-0.2, -0.15) is 0 Å². The number of aromatic carboxylic acids is 1. The summed E-state index contributed by atoms with van der Waals surface area (Å²) < 4.78 is 5.68. The molecule has 3 aromatic carbocycles. The Bertz CT molecular complexity index is 998. The van der Waals surface area contributed by atoms with Crippen LogP contribution in [0.15, 0.2) is 66.7 Å². The number of carboxylic acids is 1. The Morgan fingerprint density at radius 3 is 2.21 bits per heavy atom. The molecule has 0 aliphatic heterocycles. The Kier molecular flexibility index (Phi) is 5.96. The van der Waals surface area contributed by atoms with Crippen LogP contribution in [0.3, 0.4) is 0 Å². The number of carboxylic acid groups (broad SMARTS) is 1. The molecule has 0 spiro atoms. The second-order valence-corrected chi connectivity index (χ2v) is 6.66. The molecule has 0 radical (unpaired) electrons. The second-order valence-electron chi connectivity index (χ2n) is 6.23. The molecule has 6 heteroatoms. The van der Waals surface area contributed by atoms with Gasteiger partial charge in [0.15, 0.2) is 0 Å². The molecular weight excluding hydrogens is 378 g/mol. The zero-order valence-corrected chi connectivity index (χ0v) is 15.9. The third-order valence-corrected chi connectivity index (χ3v) is 4.39. The number of hydrogen-bond acceptors (Lipinski definition) is 3. The van der Waals surface area contributed by atoms with Gasteiger partial charge in [0.1, 0.15) is 12.4 Å². The van der Waals surface area contributed by atoms with Crippen LogP contribution < -0.4 is 10.1 Å². The van der Waals surface area contributed by atoms with Gasteiger partial charge < -0.3 is 15.2 Å². The predicted molar refractivity (Wildman–Crippen MR) is 108 cm³/mol. The summed E-state index contributed by atoms with van der Waals surface area (Å²) in [7, 11) is 0. The molecular formula is C22H18ClNO4. The summed E-state index contributed by atoms with van der Waals surface area (Å²) in [4.78, 5) is 23.3. The zero-order chi connectivity index (χ0) is 20.1. The Morgan fingerprint density at radius 2 is 1.61 bits per heavy atom. The molecule has 0 atom stereocenters. The fraction of sp³-hybridized carbons (Fsp3) is 0.0909. The molecule has 0 fully saturated rings. The number of aryl methyl sites for hydroxylation is 1. The smallest absolute Gasteiger partial charge is 0.335 e. The lowest BCUT2D eigenvalue weighted by molar-refractivity contribution is 0.0696. The van der Waals surface area contributed by atoms with Crippen molar-refractivity contribution in [3.63, 3.8) is 0 Å². The highest BCUT2D eigenvalue weighted by molar-refractivity contribution is 6.30. The lowest BCUT2D eigenvalue weighted by Crippen LogP contribution is -2.12. The van der Waals surface area contributed by atoms with Gasteiger partial charge in [-0.15, -0.1) is 0 Å². The SMILES string of the molecule is Cc1cc(Cl)ccc1NC(=O)c1ccc(OCc2ccc(C(=O)O)cc2)cc1. The molecule has 3 aromatic rings. The van der Waals surface area contributed by atoms with E-state index in [0.717, 1.165) is 11.1 Å². The van der Waals surface area contributed by atoms with Gasteiger partial charge in [0, 0.05) is 16.3 Å². The summed E-state index contributed by atoms with van der Waals surface area (Å²) >= 11 is 5.93.